The van der Waals surface area contributed by atoms with Crippen LogP contribution < -0.4 is 15.4 Å². The molecule has 0 saturated carbocycles. The first kappa shape index (κ1) is 22.9. The Morgan fingerprint density at radius 1 is 1.38 bits per heavy atom. The van der Waals surface area contributed by atoms with Gasteiger partial charge < -0.3 is 15.4 Å². The van der Waals surface area contributed by atoms with Crippen molar-refractivity contribution in [3.8, 4) is 0 Å². The van der Waals surface area contributed by atoms with Gasteiger partial charge in [0.15, 0.2) is 0 Å². The third-order valence-corrected chi connectivity index (χ3v) is 5.97. The van der Waals surface area contributed by atoms with Gasteiger partial charge in [0.1, 0.15) is 0 Å². The Kier molecular flexibility index (Phi) is 8.99. The average Bonchev–Trinajstić information content (AvgIpc) is 2.57. The molecule has 0 bridgehead atoms. The molecule has 2 rings (SSSR count). The van der Waals surface area contributed by atoms with Crippen molar-refractivity contribution in [1.29, 1.82) is 0 Å². The number of carbonyl (C=O) groups is 1. The molecule has 1 aliphatic heterocycles. The number of aryl methyl sites for hydroxylation is 1. The molecular formula is C17H28ClN3O4S. The van der Waals surface area contributed by atoms with Crippen LogP contribution in [0.15, 0.2) is 23.1 Å². The molecule has 9 heteroatoms. The first-order chi connectivity index (χ1) is 11.8. The highest BCUT2D eigenvalue weighted by Gasteiger charge is 2.24. The first-order valence-electron chi connectivity index (χ1n) is 8.46. The summed E-state index contributed by atoms with van der Waals surface area (Å²) >= 11 is 0. The average molecular weight is 406 g/mol. The van der Waals surface area contributed by atoms with E-state index in [0.717, 1.165) is 25.1 Å². The molecule has 0 spiro atoms. The molecule has 1 heterocycles. The van der Waals surface area contributed by atoms with Crippen LogP contribution in [0.3, 0.4) is 0 Å². The lowest BCUT2D eigenvalue weighted by Crippen LogP contribution is -2.50. The molecule has 0 radical (unpaired) electrons. The molecule has 2 unspecified atom stereocenters. The van der Waals surface area contributed by atoms with Gasteiger partial charge in [0.25, 0.3) is 5.91 Å². The Hall–Kier alpha value is -1.19. The van der Waals surface area contributed by atoms with Crippen LogP contribution in [0, 0.1) is 12.8 Å². The van der Waals surface area contributed by atoms with E-state index in [9.17, 15) is 13.2 Å². The van der Waals surface area contributed by atoms with Crippen LogP contribution >= 0.6 is 12.4 Å². The van der Waals surface area contributed by atoms with Crippen LogP contribution in [0.5, 0.6) is 0 Å². The summed E-state index contributed by atoms with van der Waals surface area (Å²) in [4.78, 5) is 12.7. The molecule has 26 heavy (non-hydrogen) atoms. The van der Waals surface area contributed by atoms with Crippen LogP contribution in [0.1, 0.15) is 29.3 Å². The van der Waals surface area contributed by atoms with E-state index < -0.39 is 10.0 Å². The van der Waals surface area contributed by atoms with Crippen LogP contribution in [-0.4, -0.2) is 53.7 Å². The molecule has 148 valence electrons. The van der Waals surface area contributed by atoms with Gasteiger partial charge in [0.2, 0.25) is 10.0 Å². The van der Waals surface area contributed by atoms with E-state index in [0.29, 0.717) is 11.5 Å². The van der Waals surface area contributed by atoms with Crippen LogP contribution in [-0.2, 0) is 14.8 Å². The lowest BCUT2D eigenvalue weighted by Gasteiger charge is -2.30. The third-order valence-electron chi connectivity index (χ3n) is 4.51. The van der Waals surface area contributed by atoms with Gasteiger partial charge >= 0.3 is 0 Å². The summed E-state index contributed by atoms with van der Waals surface area (Å²) in [7, 11) is -2.17. The number of halogens is 1. The minimum atomic E-state index is -3.67. The number of sulfonamides is 1. The third kappa shape index (κ3) is 5.92. The molecular weight excluding hydrogens is 378 g/mol. The largest absolute Gasteiger partial charge is 0.383 e. The summed E-state index contributed by atoms with van der Waals surface area (Å²) in [6, 6.07) is 4.63. The molecule has 2 atom stereocenters. The van der Waals surface area contributed by atoms with Crippen LogP contribution in [0.4, 0.5) is 0 Å². The topological polar surface area (TPSA) is 96.5 Å². The summed E-state index contributed by atoms with van der Waals surface area (Å²) in [6.45, 7) is 6.05. The molecule has 1 aromatic carbocycles. The number of amides is 1. The fourth-order valence-electron chi connectivity index (χ4n) is 2.80. The summed E-state index contributed by atoms with van der Waals surface area (Å²) in [5.74, 6) is 0.139. The van der Waals surface area contributed by atoms with E-state index in [1.54, 1.807) is 13.0 Å². The van der Waals surface area contributed by atoms with Gasteiger partial charge in [-0.2, -0.15) is 0 Å². The Morgan fingerprint density at radius 2 is 2.12 bits per heavy atom. The molecule has 1 fully saturated rings. The van der Waals surface area contributed by atoms with E-state index in [1.165, 1.54) is 19.2 Å². The highest BCUT2D eigenvalue weighted by atomic mass is 35.5. The summed E-state index contributed by atoms with van der Waals surface area (Å²) in [6.07, 6.45) is 1.00. The molecule has 7 nitrogen and oxygen atoms in total. The van der Waals surface area contributed by atoms with Crippen molar-refractivity contribution in [1.82, 2.24) is 15.4 Å². The number of rotatable bonds is 7. The highest BCUT2D eigenvalue weighted by molar-refractivity contribution is 7.89. The Morgan fingerprint density at radius 3 is 2.77 bits per heavy atom. The minimum Gasteiger partial charge on any atom is -0.383 e. The summed E-state index contributed by atoms with van der Waals surface area (Å²) in [5.41, 5.74) is 1.12. The maximum atomic E-state index is 12.6. The molecule has 1 saturated heterocycles. The number of nitrogens with one attached hydrogen (secondary N) is 3. The second-order valence-corrected chi connectivity index (χ2v) is 8.18. The van der Waals surface area contributed by atoms with E-state index in [-0.39, 0.29) is 42.4 Å². The predicted octanol–water partition coefficient (Wildman–Crippen LogP) is 1.07. The zero-order valence-corrected chi connectivity index (χ0v) is 17.0. The fourth-order valence-corrected chi connectivity index (χ4v) is 3.84. The Labute approximate surface area is 161 Å². The lowest BCUT2D eigenvalue weighted by atomic mass is 9.94. The lowest BCUT2D eigenvalue weighted by molar-refractivity contribution is 0.0914. The molecule has 3 N–H and O–H groups in total. The number of benzene rings is 1. The number of hydrogen-bond donors (Lipinski definition) is 3. The van der Waals surface area contributed by atoms with Crippen LogP contribution in [0.25, 0.3) is 0 Å². The fraction of sp³-hybridized carbons (Fsp3) is 0.588. The smallest absolute Gasteiger partial charge is 0.251 e. The van der Waals surface area contributed by atoms with Crippen molar-refractivity contribution in [2.24, 2.45) is 5.92 Å². The van der Waals surface area contributed by atoms with Gasteiger partial charge in [-0.1, -0.05) is 13.0 Å². The molecule has 0 aromatic heterocycles. The number of ether oxygens (including phenoxy) is 1. The predicted molar refractivity (Wildman–Crippen MR) is 103 cm³/mol. The van der Waals surface area contributed by atoms with E-state index in [1.807, 2.05) is 0 Å². The van der Waals surface area contributed by atoms with Gasteiger partial charge in [-0.15, -0.1) is 12.4 Å². The van der Waals surface area contributed by atoms with Gasteiger partial charge in [-0.3, -0.25) is 4.79 Å². The van der Waals surface area contributed by atoms with Gasteiger partial charge in [0, 0.05) is 31.8 Å². The maximum Gasteiger partial charge on any atom is 0.251 e. The van der Waals surface area contributed by atoms with Crippen LogP contribution in [0.2, 0.25) is 0 Å². The number of carbonyl (C=O) groups excluding carboxylic acids is 1. The van der Waals surface area contributed by atoms with Crippen molar-refractivity contribution in [3.05, 3.63) is 29.3 Å². The van der Waals surface area contributed by atoms with Crippen molar-refractivity contribution < 1.29 is 17.9 Å². The normalized spacial score (nSPS) is 20.3. The molecule has 1 aliphatic rings. The van der Waals surface area contributed by atoms with Crippen molar-refractivity contribution in [3.63, 3.8) is 0 Å². The van der Waals surface area contributed by atoms with Crippen molar-refractivity contribution in [2.45, 2.75) is 31.2 Å². The van der Waals surface area contributed by atoms with E-state index in [4.69, 9.17) is 4.74 Å². The molecule has 1 amide bonds. The summed E-state index contributed by atoms with van der Waals surface area (Å²) < 4.78 is 32.0. The summed E-state index contributed by atoms with van der Waals surface area (Å²) in [5, 5.41) is 6.29. The number of hydrogen-bond acceptors (Lipinski definition) is 5. The minimum absolute atomic E-state index is 0. The SMILES string of the molecule is COCCNS(=O)(=O)c1ccc(C)c(C(=O)NC2CNCCC2C)c1.Cl. The quantitative estimate of drug-likeness (QED) is 0.589. The Balaban J connectivity index is 0.00000338. The van der Waals surface area contributed by atoms with Gasteiger partial charge in [-0.25, -0.2) is 13.1 Å². The highest BCUT2D eigenvalue weighted by Crippen LogP contribution is 2.17. The number of methoxy groups -OCH3 is 1. The van der Waals surface area contributed by atoms with Crippen molar-refractivity contribution in [2.75, 3.05) is 33.4 Å². The van der Waals surface area contributed by atoms with E-state index in [2.05, 4.69) is 22.3 Å². The second kappa shape index (κ2) is 10.2. The zero-order chi connectivity index (χ0) is 18.4. The Bertz CT molecular complexity index is 712. The number of piperidine rings is 1. The molecule has 0 aliphatic carbocycles. The van der Waals surface area contributed by atoms with Gasteiger partial charge in [-0.05, 0) is 43.5 Å². The second-order valence-electron chi connectivity index (χ2n) is 6.42. The maximum absolute atomic E-state index is 12.6. The standard InChI is InChI=1S/C17H27N3O4S.ClH/c1-12-4-5-14(25(22,23)19-8-9-24-3)10-15(12)17(21)20-16-11-18-7-6-13(16)2;/h4-5,10,13,16,18-19H,6-9,11H2,1-3H3,(H,20,21);1H. The van der Waals surface area contributed by atoms with E-state index >= 15 is 0 Å². The monoisotopic (exact) mass is 405 g/mol. The first-order valence-corrected chi connectivity index (χ1v) is 9.94. The molecule has 1 aromatic rings. The van der Waals surface area contributed by atoms with Gasteiger partial charge in [0.05, 0.1) is 11.5 Å². The van der Waals surface area contributed by atoms with Crippen molar-refractivity contribution >= 4 is 28.3 Å². The zero-order valence-electron chi connectivity index (χ0n) is 15.4.